The van der Waals surface area contributed by atoms with Crippen LogP contribution in [-0.2, 0) is 25.7 Å². The van der Waals surface area contributed by atoms with Gasteiger partial charge in [-0.15, -0.1) is 21.5 Å². The van der Waals surface area contributed by atoms with Gasteiger partial charge >= 0.3 is 0 Å². The summed E-state index contributed by atoms with van der Waals surface area (Å²) in [6, 6.07) is 13.3. The number of ether oxygens (including phenoxy) is 1. The molecule has 9 nitrogen and oxygen atoms in total. The molecule has 2 aromatic carbocycles. The first-order valence-corrected chi connectivity index (χ1v) is 18.7. The van der Waals surface area contributed by atoms with E-state index < -0.39 is 5.91 Å². The molecule has 52 heavy (non-hydrogen) atoms. The number of halogens is 2. The third-order valence-electron chi connectivity index (χ3n) is 10.2. The van der Waals surface area contributed by atoms with E-state index in [1.54, 1.807) is 13.1 Å². The molecule has 6 aromatic rings. The van der Waals surface area contributed by atoms with Crippen molar-refractivity contribution in [2.24, 2.45) is 11.7 Å². The Bertz CT molecular complexity index is 2370. The van der Waals surface area contributed by atoms with Crippen LogP contribution in [0.4, 0.5) is 10.2 Å². The Morgan fingerprint density at radius 1 is 1.10 bits per heavy atom. The van der Waals surface area contributed by atoms with Crippen LogP contribution in [0.2, 0.25) is 5.02 Å². The van der Waals surface area contributed by atoms with Gasteiger partial charge in [-0.3, -0.25) is 9.78 Å². The van der Waals surface area contributed by atoms with Crippen molar-refractivity contribution >= 4 is 44.7 Å². The Kier molecular flexibility index (Phi) is 8.95. The molecule has 4 heterocycles. The van der Waals surface area contributed by atoms with Crippen molar-refractivity contribution in [2.75, 3.05) is 12.4 Å². The van der Waals surface area contributed by atoms with Crippen molar-refractivity contribution in [1.29, 1.82) is 0 Å². The van der Waals surface area contributed by atoms with Gasteiger partial charge in [-0.1, -0.05) is 37.6 Å². The molecule has 0 bridgehead atoms. The van der Waals surface area contributed by atoms with Crippen molar-refractivity contribution in [2.45, 2.75) is 71.3 Å². The van der Waals surface area contributed by atoms with Gasteiger partial charge < -0.3 is 20.2 Å². The van der Waals surface area contributed by atoms with E-state index in [2.05, 4.69) is 41.5 Å². The van der Waals surface area contributed by atoms with Crippen molar-refractivity contribution in [3.63, 3.8) is 0 Å². The average Bonchev–Trinajstić information content (AvgIpc) is 3.91. The number of nitrogens with zero attached hydrogens (tertiary/aromatic N) is 4. The number of aromatic nitrogens is 4. The molecule has 2 aliphatic carbocycles. The third kappa shape index (κ3) is 6.09. The Morgan fingerprint density at radius 2 is 1.92 bits per heavy atom. The van der Waals surface area contributed by atoms with E-state index >= 15 is 0 Å². The van der Waals surface area contributed by atoms with Crippen LogP contribution in [0.3, 0.4) is 0 Å². The number of aryl methyl sites for hydroxylation is 2. The lowest BCUT2D eigenvalue weighted by Crippen LogP contribution is -2.20. The quantitative estimate of drug-likeness (QED) is 0.142. The van der Waals surface area contributed by atoms with Gasteiger partial charge in [0.05, 0.1) is 40.4 Å². The number of rotatable bonds is 10. The third-order valence-corrected chi connectivity index (χ3v) is 11.6. The molecule has 4 aromatic heterocycles. The predicted octanol–water partition coefficient (Wildman–Crippen LogP) is 9.19. The largest absolute Gasteiger partial charge is 0.493 e. The van der Waals surface area contributed by atoms with Crippen LogP contribution in [0.5, 0.6) is 5.75 Å². The number of nitrogens with two attached hydrogens (primary N) is 1. The number of carbonyl (C=O) groups excluding carboxylic acids is 1. The first-order valence-electron chi connectivity index (χ1n) is 17.5. The van der Waals surface area contributed by atoms with Gasteiger partial charge in [-0.25, -0.2) is 9.37 Å². The molecule has 0 saturated carbocycles. The van der Waals surface area contributed by atoms with E-state index in [0.717, 1.165) is 56.1 Å². The Labute approximate surface area is 309 Å². The van der Waals surface area contributed by atoms with Crippen LogP contribution >= 0.6 is 22.9 Å². The number of pyridine rings is 2. The summed E-state index contributed by atoms with van der Waals surface area (Å²) < 4.78 is 27.0. The Morgan fingerprint density at radius 3 is 2.67 bits per heavy atom. The number of hydrogen-bond donors (Lipinski definition) is 2. The number of nitrogens with one attached hydrogen (secondary N) is 1. The average molecular weight is 737 g/mol. The van der Waals surface area contributed by atoms with Crippen molar-refractivity contribution < 1.29 is 18.3 Å². The highest BCUT2D eigenvalue weighted by atomic mass is 35.5. The van der Waals surface area contributed by atoms with E-state index in [-0.39, 0.29) is 23.7 Å². The van der Waals surface area contributed by atoms with Crippen LogP contribution in [0, 0.1) is 18.7 Å². The Hall–Kier alpha value is -4.87. The maximum Gasteiger partial charge on any atom is 0.251 e. The summed E-state index contributed by atoms with van der Waals surface area (Å²) in [6.45, 7) is 5.95. The van der Waals surface area contributed by atoms with E-state index in [1.807, 2.05) is 24.3 Å². The summed E-state index contributed by atoms with van der Waals surface area (Å²) in [5, 5.41) is 14.0. The van der Waals surface area contributed by atoms with Crippen molar-refractivity contribution in [3.05, 3.63) is 105 Å². The lowest BCUT2D eigenvalue weighted by molar-refractivity contribution is 0.0999. The van der Waals surface area contributed by atoms with E-state index in [9.17, 15) is 9.18 Å². The molecule has 2 atom stereocenters. The molecule has 8 rings (SSSR count). The topological polar surface area (TPSA) is 129 Å². The fourth-order valence-corrected chi connectivity index (χ4v) is 9.36. The van der Waals surface area contributed by atoms with Gasteiger partial charge in [0.1, 0.15) is 5.82 Å². The molecule has 0 fully saturated rings. The second kappa shape index (κ2) is 13.6. The summed E-state index contributed by atoms with van der Waals surface area (Å²) in [7, 11) is 1.50. The van der Waals surface area contributed by atoms with Gasteiger partial charge in [-0.2, -0.15) is 0 Å². The van der Waals surface area contributed by atoms with Gasteiger partial charge in [0.15, 0.2) is 11.6 Å². The second-order valence-electron chi connectivity index (χ2n) is 14.1. The lowest BCUT2D eigenvalue weighted by Gasteiger charge is -2.21. The first-order chi connectivity index (χ1) is 25.1. The number of primary amides is 1. The Balaban J connectivity index is 1.30. The summed E-state index contributed by atoms with van der Waals surface area (Å²) in [6.07, 6.45) is 6.25. The monoisotopic (exact) mass is 736 g/mol. The summed E-state index contributed by atoms with van der Waals surface area (Å²) in [4.78, 5) is 24.4. The normalized spacial score (nSPS) is 16.4. The maximum atomic E-state index is 14.5. The number of methoxy groups -OCH3 is 1. The zero-order valence-corrected chi connectivity index (χ0v) is 30.9. The zero-order valence-electron chi connectivity index (χ0n) is 29.3. The van der Waals surface area contributed by atoms with E-state index in [4.69, 9.17) is 36.5 Å². The molecule has 0 spiro atoms. The molecular weight excluding hydrogens is 699 g/mol. The van der Waals surface area contributed by atoms with Crippen molar-refractivity contribution in [1.82, 2.24) is 20.2 Å². The number of thiophene rings is 1. The number of anilines is 1. The fourth-order valence-electron chi connectivity index (χ4n) is 8.00. The van der Waals surface area contributed by atoms with Gasteiger partial charge in [0.25, 0.3) is 5.91 Å². The number of hydrogen-bond acceptors (Lipinski definition) is 9. The van der Waals surface area contributed by atoms with Crippen LogP contribution in [0.25, 0.3) is 32.0 Å². The molecular formula is C40H38ClFN6O3S. The molecule has 1 amide bonds. The minimum Gasteiger partial charge on any atom is -0.493 e. The number of benzene rings is 2. The summed E-state index contributed by atoms with van der Waals surface area (Å²) in [5.74, 6) is 1.15. The summed E-state index contributed by atoms with van der Waals surface area (Å²) >= 11 is 7.88. The molecule has 1 unspecified atom stereocenters. The number of amides is 1. The SMILES string of the molecule is COc1c(F)ccc2c1CCC2Nc1nccc2cc(-c3c(C(N)=O)c(CC(C)C)nc(C[C@@H]4CCc5cc(Cl)ccc54)c3-c3nnc(C)o3)sc12. The molecule has 266 valence electrons. The van der Waals surface area contributed by atoms with Crippen LogP contribution in [0.15, 0.2) is 53.1 Å². The number of carbonyl (C=O) groups is 1. The second-order valence-corrected chi connectivity index (χ2v) is 15.6. The fraction of sp³-hybridized carbons (Fsp3) is 0.325. The predicted molar refractivity (Wildman–Crippen MR) is 202 cm³/mol. The lowest BCUT2D eigenvalue weighted by atomic mass is 9.88. The van der Waals surface area contributed by atoms with Crippen LogP contribution in [0.1, 0.15) is 88.5 Å². The standard InChI is InChI=1S/C40H38ClFN6O3S/c1-19(2)15-30-33(38(43)49)35(34(40-48-47-20(3)51-40)31(45-30)17-22-6-5-21-16-24(41)7-8-25(21)22)32-18-23-13-14-44-39(37(23)52-32)46-29-12-10-27-26(29)9-11-28(42)36(27)50-4/h7-9,11,13-14,16,18-19,22,29H,5-6,10,12,15,17H2,1-4H3,(H2,43,49)(H,44,46)/t22-,29?/m0/s1. The van der Waals surface area contributed by atoms with E-state index in [1.165, 1.54) is 35.6 Å². The number of fused-ring (bicyclic) bond motifs is 3. The van der Waals surface area contributed by atoms with E-state index in [0.29, 0.717) is 65.0 Å². The highest BCUT2D eigenvalue weighted by Crippen LogP contribution is 2.47. The highest BCUT2D eigenvalue weighted by molar-refractivity contribution is 7.23. The van der Waals surface area contributed by atoms with Gasteiger partial charge in [0.2, 0.25) is 11.8 Å². The van der Waals surface area contributed by atoms with Gasteiger partial charge in [0, 0.05) is 34.1 Å². The minimum atomic E-state index is -0.569. The zero-order chi connectivity index (χ0) is 36.3. The maximum absolute atomic E-state index is 14.5. The first kappa shape index (κ1) is 34.2. The molecule has 12 heteroatoms. The van der Waals surface area contributed by atoms with Gasteiger partial charge in [-0.05, 0) is 103 Å². The minimum absolute atomic E-state index is 0.0828. The summed E-state index contributed by atoms with van der Waals surface area (Å²) in [5.41, 5.74) is 13.7. The molecule has 0 saturated heterocycles. The smallest absolute Gasteiger partial charge is 0.251 e. The molecule has 0 radical (unpaired) electrons. The molecule has 3 N–H and O–H groups in total. The highest BCUT2D eigenvalue weighted by Gasteiger charge is 2.33. The van der Waals surface area contributed by atoms with Crippen molar-refractivity contribution in [3.8, 4) is 27.6 Å². The van der Waals surface area contributed by atoms with Crippen LogP contribution in [-0.4, -0.2) is 33.2 Å². The van der Waals surface area contributed by atoms with Crippen LogP contribution < -0.4 is 15.8 Å². The molecule has 2 aliphatic rings. The molecule has 0 aliphatic heterocycles.